The standard InChI is InChI=1S/C33H35N3O6S/c1-6-41-28-16-23(13-14-27(28)42-19-31(38)34-25-10-8-7-9-24(25)20(2)3)17-29-32(39)36(33(40)43-29)18-30(37)35-26-15-21(4)11-12-22(26)5/h7-17,20H,6,18-19H2,1-5H3,(H,34,38)(H,35,37)/b29-17+. The van der Waals surface area contributed by atoms with Crippen molar-refractivity contribution in [2.45, 2.75) is 40.5 Å². The second-order valence-electron chi connectivity index (χ2n) is 10.4. The number of thioether (sulfide) groups is 1. The lowest BCUT2D eigenvalue weighted by Crippen LogP contribution is -2.36. The van der Waals surface area contributed by atoms with Gasteiger partial charge in [-0.25, -0.2) is 0 Å². The summed E-state index contributed by atoms with van der Waals surface area (Å²) in [6, 6.07) is 18.3. The van der Waals surface area contributed by atoms with Gasteiger partial charge in [0.15, 0.2) is 18.1 Å². The van der Waals surface area contributed by atoms with Crippen LogP contribution >= 0.6 is 11.8 Å². The molecule has 10 heteroatoms. The Morgan fingerprint density at radius 1 is 0.907 bits per heavy atom. The van der Waals surface area contributed by atoms with Crippen molar-refractivity contribution in [3.05, 3.63) is 87.8 Å². The van der Waals surface area contributed by atoms with Crippen LogP contribution in [0.1, 0.15) is 48.9 Å². The molecule has 1 fully saturated rings. The minimum Gasteiger partial charge on any atom is -0.490 e. The number of benzene rings is 3. The fourth-order valence-corrected chi connectivity index (χ4v) is 5.28. The molecule has 0 radical (unpaired) electrons. The predicted molar refractivity (Wildman–Crippen MR) is 169 cm³/mol. The monoisotopic (exact) mass is 601 g/mol. The first kappa shape index (κ1) is 31.4. The molecule has 0 saturated carbocycles. The van der Waals surface area contributed by atoms with E-state index in [4.69, 9.17) is 9.47 Å². The molecule has 1 saturated heterocycles. The van der Waals surface area contributed by atoms with Gasteiger partial charge in [-0.2, -0.15) is 0 Å². The van der Waals surface area contributed by atoms with Gasteiger partial charge in [0.05, 0.1) is 11.5 Å². The molecule has 9 nitrogen and oxygen atoms in total. The molecule has 3 aromatic carbocycles. The van der Waals surface area contributed by atoms with Crippen LogP contribution in [0.5, 0.6) is 11.5 Å². The molecule has 0 unspecified atom stereocenters. The van der Waals surface area contributed by atoms with E-state index in [9.17, 15) is 19.2 Å². The largest absolute Gasteiger partial charge is 0.490 e. The minimum absolute atomic E-state index is 0.184. The normalized spacial score (nSPS) is 13.9. The maximum Gasteiger partial charge on any atom is 0.294 e. The second-order valence-corrected chi connectivity index (χ2v) is 11.3. The molecule has 0 aromatic heterocycles. The minimum atomic E-state index is -0.553. The lowest BCUT2D eigenvalue weighted by Gasteiger charge is -2.15. The number of amides is 4. The summed E-state index contributed by atoms with van der Waals surface area (Å²) >= 11 is 0.766. The summed E-state index contributed by atoms with van der Waals surface area (Å²) in [6.07, 6.45) is 1.56. The van der Waals surface area contributed by atoms with Gasteiger partial charge in [0.25, 0.3) is 17.1 Å². The van der Waals surface area contributed by atoms with E-state index >= 15 is 0 Å². The summed E-state index contributed by atoms with van der Waals surface area (Å²) in [7, 11) is 0. The van der Waals surface area contributed by atoms with E-state index in [-0.39, 0.29) is 23.3 Å². The third-order valence-electron chi connectivity index (χ3n) is 6.62. The van der Waals surface area contributed by atoms with Crippen molar-refractivity contribution in [2.24, 2.45) is 0 Å². The molecule has 43 heavy (non-hydrogen) atoms. The van der Waals surface area contributed by atoms with Crippen LogP contribution in [0.2, 0.25) is 0 Å². The number of imide groups is 1. The van der Waals surface area contributed by atoms with Crippen LogP contribution in [0.15, 0.2) is 65.6 Å². The van der Waals surface area contributed by atoms with Gasteiger partial charge in [0.2, 0.25) is 5.91 Å². The smallest absolute Gasteiger partial charge is 0.294 e. The van der Waals surface area contributed by atoms with E-state index in [0.29, 0.717) is 29.4 Å². The van der Waals surface area contributed by atoms with Crippen molar-refractivity contribution in [3.8, 4) is 11.5 Å². The van der Waals surface area contributed by atoms with Crippen molar-refractivity contribution in [1.82, 2.24) is 4.90 Å². The Balaban J connectivity index is 1.42. The quantitative estimate of drug-likeness (QED) is 0.241. The van der Waals surface area contributed by atoms with Crippen molar-refractivity contribution < 1.29 is 28.7 Å². The van der Waals surface area contributed by atoms with E-state index in [2.05, 4.69) is 24.5 Å². The molecule has 4 rings (SSSR count). The topological polar surface area (TPSA) is 114 Å². The molecule has 1 aliphatic rings. The third kappa shape index (κ3) is 8.04. The average Bonchev–Trinajstić information content (AvgIpc) is 3.22. The Morgan fingerprint density at radius 2 is 1.65 bits per heavy atom. The van der Waals surface area contributed by atoms with Gasteiger partial charge in [-0.15, -0.1) is 0 Å². The average molecular weight is 602 g/mol. The molecule has 0 spiro atoms. The van der Waals surface area contributed by atoms with Gasteiger partial charge in [0.1, 0.15) is 6.54 Å². The third-order valence-corrected chi connectivity index (χ3v) is 7.53. The molecule has 4 amide bonds. The van der Waals surface area contributed by atoms with E-state index in [1.54, 1.807) is 24.3 Å². The summed E-state index contributed by atoms with van der Waals surface area (Å²) < 4.78 is 11.5. The number of para-hydroxylation sites is 1. The van der Waals surface area contributed by atoms with Crippen LogP contribution < -0.4 is 20.1 Å². The Kier molecular flexibility index (Phi) is 10.3. The molecule has 1 aliphatic heterocycles. The number of nitrogens with one attached hydrogen (secondary N) is 2. The molecule has 1 heterocycles. The Labute approximate surface area is 255 Å². The summed E-state index contributed by atoms with van der Waals surface area (Å²) in [6.45, 7) is 9.44. The number of ether oxygens (including phenoxy) is 2. The van der Waals surface area contributed by atoms with Crippen molar-refractivity contribution in [1.29, 1.82) is 0 Å². The summed E-state index contributed by atoms with van der Waals surface area (Å²) in [5.41, 5.74) is 4.86. The van der Waals surface area contributed by atoms with Crippen LogP contribution in [0.25, 0.3) is 6.08 Å². The number of carbonyl (C=O) groups is 4. The molecule has 224 valence electrons. The number of hydrogen-bond donors (Lipinski definition) is 2. The Hall–Kier alpha value is -4.57. The summed E-state index contributed by atoms with van der Waals surface area (Å²) in [4.78, 5) is 52.1. The van der Waals surface area contributed by atoms with Crippen LogP contribution in [-0.4, -0.2) is 47.6 Å². The second kappa shape index (κ2) is 14.1. The Morgan fingerprint density at radius 3 is 2.40 bits per heavy atom. The van der Waals surface area contributed by atoms with Crippen molar-refractivity contribution in [3.63, 3.8) is 0 Å². The highest BCUT2D eigenvalue weighted by atomic mass is 32.2. The highest BCUT2D eigenvalue weighted by Gasteiger charge is 2.36. The zero-order valence-electron chi connectivity index (χ0n) is 24.9. The maximum absolute atomic E-state index is 13.0. The first-order valence-electron chi connectivity index (χ1n) is 14.0. The van der Waals surface area contributed by atoms with Gasteiger partial charge in [-0.1, -0.05) is 50.2 Å². The maximum atomic E-state index is 13.0. The number of rotatable bonds is 11. The first-order valence-corrected chi connectivity index (χ1v) is 14.8. The van der Waals surface area contributed by atoms with Crippen LogP contribution in [0, 0.1) is 13.8 Å². The van der Waals surface area contributed by atoms with Gasteiger partial charge in [-0.3, -0.25) is 24.1 Å². The SMILES string of the molecule is CCOc1cc(/C=C2/SC(=O)N(CC(=O)Nc3cc(C)ccc3C)C2=O)ccc1OCC(=O)Nc1ccccc1C(C)C. The number of nitrogens with zero attached hydrogens (tertiary/aromatic N) is 1. The highest BCUT2D eigenvalue weighted by molar-refractivity contribution is 8.18. The van der Waals surface area contributed by atoms with E-state index in [0.717, 1.165) is 39.0 Å². The fourth-order valence-electron chi connectivity index (χ4n) is 4.44. The van der Waals surface area contributed by atoms with Gasteiger partial charge < -0.3 is 20.1 Å². The highest BCUT2D eigenvalue weighted by Crippen LogP contribution is 2.35. The van der Waals surface area contributed by atoms with Gasteiger partial charge in [-0.05, 0) is 91.0 Å². The van der Waals surface area contributed by atoms with Crippen LogP contribution in [-0.2, 0) is 14.4 Å². The number of anilines is 2. The summed E-state index contributed by atoms with van der Waals surface area (Å²) in [5, 5.41) is 5.15. The zero-order valence-corrected chi connectivity index (χ0v) is 25.7. The molecular formula is C33H35N3O6S. The number of carbonyl (C=O) groups excluding carboxylic acids is 4. The molecule has 3 aromatic rings. The number of hydrogen-bond acceptors (Lipinski definition) is 7. The lowest BCUT2D eigenvalue weighted by molar-refractivity contribution is -0.127. The molecule has 0 atom stereocenters. The van der Waals surface area contributed by atoms with Crippen LogP contribution in [0.4, 0.5) is 16.2 Å². The molecule has 0 bridgehead atoms. The van der Waals surface area contributed by atoms with E-state index in [1.165, 1.54) is 0 Å². The van der Waals surface area contributed by atoms with Crippen molar-refractivity contribution >= 4 is 52.2 Å². The zero-order chi connectivity index (χ0) is 31.1. The van der Waals surface area contributed by atoms with Gasteiger partial charge >= 0.3 is 0 Å². The molecule has 2 N–H and O–H groups in total. The predicted octanol–water partition coefficient (Wildman–Crippen LogP) is 6.52. The van der Waals surface area contributed by atoms with E-state index < -0.39 is 23.6 Å². The van der Waals surface area contributed by atoms with Crippen LogP contribution in [0.3, 0.4) is 0 Å². The fraction of sp³-hybridized carbons (Fsp3) is 0.273. The Bertz CT molecular complexity index is 1580. The first-order chi connectivity index (χ1) is 20.5. The number of aryl methyl sites for hydroxylation is 2. The molecule has 0 aliphatic carbocycles. The van der Waals surface area contributed by atoms with Crippen molar-refractivity contribution in [2.75, 3.05) is 30.4 Å². The van der Waals surface area contributed by atoms with Gasteiger partial charge in [0, 0.05) is 11.4 Å². The summed E-state index contributed by atoms with van der Waals surface area (Å²) in [5.74, 6) is -0.330. The lowest BCUT2D eigenvalue weighted by atomic mass is 10.0. The molecular weight excluding hydrogens is 566 g/mol. The van der Waals surface area contributed by atoms with E-state index in [1.807, 2.05) is 63.2 Å².